The van der Waals surface area contributed by atoms with Crippen molar-refractivity contribution in [1.29, 1.82) is 0 Å². The molecule has 0 aliphatic heterocycles. The van der Waals surface area contributed by atoms with Crippen LogP contribution in [0.4, 0.5) is 4.39 Å². The maximum Gasteiger partial charge on any atom is 0.123 e. The third-order valence-electron chi connectivity index (χ3n) is 2.51. The fourth-order valence-corrected chi connectivity index (χ4v) is 2.97. The lowest BCUT2D eigenvalue weighted by Crippen LogP contribution is -2.06. The highest BCUT2D eigenvalue weighted by atomic mass is 35.5. The molecule has 1 nitrogen and oxygen atoms in total. The van der Waals surface area contributed by atoms with Crippen molar-refractivity contribution in [3.8, 4) is 0 Å². The number of hydrogen-bond acceptors (Lipinski definition) is 2. The zero-order chi connectivity index (χ0) is 13.8. The Morgan fingerprint density at radius 1 is 1.11 bits per heavy atom. The molecule has 5 heteroatoms. The summed E-state index contributed by atoms with van der Waals surface area (Å²) in [4.78, 5) is 1.97. The Kier molecular flexibility index (Phi) is 5.11. The van der Waals surface area contributed by atoms with Gasteiger partial charge in [-0.2, -0.15) is 0 Å². The van der Waals surface area contributed by atoms with Crippen LogP contribution in [0.15, 0.2) is 46.2 Å². The summed E-state index contributed by atoms with van der Waals surface area (Å²) >= 11 is 13.4. The van der Waals surface area contributed by atoms with E-state index in [-0.39, 0.29) is 5.82 Å². The van der Waals surface area contributed by atoms with E-state index in [4.69, 9.17) is 23.2 Å². The molecule has 1 N–H and O–H groups in total. The highest BCUT2D eigenvalue weighted by molar-refractivity contribution is 7.99. The average molecular weight is 316 g/mol. The Hall–Kier alpha value is -0.740. The van der Waals surface area contributed by atoms with Gasteiger partial charge in [0.25, 0.3) is 0 Å². The van der Waals surface area contributed by atoms with Gasteiger partial charge < -0.3 is 5.32 Å². The first-order chi connectivity index (χ1) is 9.10. The maximum absolute atomic E-state index is 13.3. The van der Waals surface area contributed by atoms with Crippen LogP contribution in [0.1, 0.15) is 5.56 Å². The van der Waals surface area contributed by atoms with Crippen LogP contribution >= 0.6 is 35.0 Å². The van der Waals surface area contributed by atoms with Crippen LogP contribution in [-0.2, 0) is 6.54 Å². The van der Waals surface area contributed by atoms with E-state index < -0.39 is 0 Å². The summed E-state index contributed by atoms with van der Waals surface area (Å²) in [5, 5.41) is 4.08. The normalized spacial score (nSPS) is 10.7. The molecule has 2 aromatic carbocycles. The van der Waals surface area contributed by atoms with Gasteiger partial charge in [0.2, 0.25) is 0 Å². The van der Waals surface area contributed by atoms with Crippen LogP contribution in [0.5, 0.6) is 0 Å². The van der Waals surface area contributed by atoms with E-state index in [9.17, 15) is 4.39 Å². The van der Waals surface area contributed by atoms with E-state index in [0.29, 0.717) is 16.6 Å². The van der Waals surface area contributed by atoms with Gasteiger partial charge >= 0.3 is 0 Å². The van der Waals surface area contributed by atoms with Crippen molar-refractivity contribution in [3.05, 3.63) is 57.8 Å². The van der Waals surface area contributed by atoms with Gasteiger partial charge in [0.05, 0.1) is 10.0 Å². The summed E-state index contributed by atoms with van der Waals surface area (Å²) in [5.74, 6) is -0.233. The van der Waals surface area contributed by atoms with Crippen LogP contribution in [0.3, 0.4) is 0 Å². The summed E-state index contributed by atoms with van der Waals surface area (Å²) in [6.07, 6.45) is 0. The molecule has 0 radical (unpaired) electrons. The predicted molar refractivity (Wildman–Crippen MR) is 79.7 cm³/mol. The van der Waals surface area contributed by atoms with Gasteiger partial charge in [-0.1, -0.05) is 35.0 Å². The molecule has 0 aliphatic rings. The minimum atomic E-state index is -0.233. The molecule has 0 heterocycles. The Balaban J connectivity index is 2.29. The van der Waals surface area contributed by atoms with E-state index in [2.05, 4.69) is 5.32 Å². The van der Waals surface area contributed by atoms with Gasteiger partial charge in [0, 0.05) is 16.3 Å². The summed E-state index contributed by atoms with van der Waals surface area (Å²) < 4.78 is 13.3. The molecule has 0 saturated heterocycles. The number of hydrogen-bond donors (Lipinski definition) is 1. The van der Waals surface area contributed by atoms with Crippen molar-refractivity contribution < 1.29 is 4.39 Å². The van der Waals surface area contributed by atoms with Gasteiger partial charge in [-0.15, -0.1) is 0 Å². The Morgan fingerprint density at radius 3 is 2.58 bits per heavy atom. The second kappa shape index (κ2) is 6.62. The number of halogens is 3. The summed E-state index contributed by atoms with van der Waals surface area (Å²) in [7, 11) is 1.83. The SMILES string of the molecule is CNCc1cc(F)ccc1Sc1ccc(Cl)c(Cl)c1. The lowest BCUT2D eigenvalue weighted by molar-refractivity contribution is 0.621. The minimum absolute atomic E-state index is 0.233. The molecule has 0 aromatic heterocycles. The van der Waals surface area contributed by atoms with Gasteiger partial charge in [0.1, 0.15) is 5.82 Å². The topological polar surface area (TPSA) is 12.0 Å². The van der Waals surface area contributed by atoms with Crippen molar-refractivity contribution in [2.24, 2.45) is 0 Å². The van der Waals surface area contributed by atoms with Gasteiger partial charge in [-0.3, -0.25) is 0 Å². The standard InChI is InChI=1S/C14H12Cl2FNS/c1-18-8-9-6-10(17)2-5-14(9)19-11-3-4-12(15)13(16)7-11/h2-7,18H,8H2,1H3. The second-order valence-electron chi connectivity index (χ2n) is 3.96. The maximum atomic E-state index is 13.3. The third-order valence-corrected chi connectivity index (χ3v) is 4.36. The van der Waals surface area contributed by atoms with Crippen molar-refractivity contribution in [2.75, 3.05) is 7.05 Å². The molecule has 100 valence electrons. The van der Waals surface area contributed by atoms with Gasteiger partial charge in [0.15, 0.2) is 0 Å². The largest absolute Gasteiger partial charge is 0.316 e. The molecule has 0 aliphatic carbocycles. The molecule has 0 saturated carbocycles. The molecule has 0 amide bonds. The number of benzene rings is 2. The lowest BCUT2D eigenvalue weighted by atomic mass is 10.2. The zero-order valence-corrected chi connectivity index (χ0v) is 12.5. The molecule has 19 heavy (non-hydrogen) atoms. The molecule has 0 atom stereocenters. The Morgan fingerprint density at radius 2 is 1.89 bits per heavy atom. The smallest absolute Gasteiger partial charge is 0.123 e. The summed E-state index contributed by atoms with van der Waals surface area (Å²) in [5.41, 5.74) is 0.915. The first kappa shape index (κ1) is 14.7. The van der Waals surface area contributed by atoms with E-state index in [0.717, 1.165) is 15.4 Å². The fourth-order valence-electron chi connectivity index (χ4n) is 1.64. The Labute approximate surface area is 126 Å². The van der Waals surface area contributed by atoms with Crippen molar-refractivity contribution in [2.45, 2.75) is 16.3 Å². The summed E-state index contributed by atoms with van der Waals surface area (Å²) in [6, 6.07) is 10.2. The van der Waals surface area contributed by atoms with E-state index in [1.165, 1.54) is 23.9 Å². The molecule has 0 spiro atoms. The minimum Gasteiger partial charge on any atom is -0.316 e. The van der Waals surface area contributed by atoms with Crippen LogP contribution in [0, 0.1) is 5.82 Å². The zero-order valence-electron chi connectivity index (χ0n) is 10.2. The first-order valence-corrected chi connectivity index (χ1v) is 7.23. The highest BCUT2D eigenvalue weighted by Crippen LogP contribution is 2.34. The molecule has 2 rings (SSSR count). The van der Waals surface area contributed by atoms with Crippen molar-refractivity contribution in [3.63, 3.8) is 0 Å². The molecular formula is C14H12Cl2FNS. The number of nitrogens with one attached hydrogen (secondary N) is 1. The molecule has 0 bridgehead atoms. The fraction of sp³-hybridized carbons (Fsp3) is 0.143. The van der Waals surface area contributed by atoms with Crippen LogP contribution in [0.2, 0.25) is 10.0 Å². The van der Waals surface area contributed by atoms with Gasteiger partial charge in [-0.05, 0) is 49.0 Å². The van der Waals surface area contributed by atoms with E-state index >= 15 is 0 Å². The highest BCUT2D eigenvalue weighted by Gasteiger charge is 2.07. The summed E-state index contributed by atoms with van der Waals surface area (Å²) in [6.45, 7) is 0.613. The van der Waals surface area contributed by atoms with E-state index in [1.807, 2.05) is 13.1 Å². The van der Waals surface area contributed by atoms with Crippen LogP contribution in [-0.4, -0.2) is 7.05 Å². The van der Waals surface area contributed by atoms with Crippen LogP contribution in [0.25, 0.3) is 0 Å². The van der Waals surface area contributed by atoms with Crippen molar-refractivity contribution in [1.82, 2.24) is 5.32 Å². The molecule has 2 aromatic rings. The van der Waals surface area contributed by atoms with Crippen LogP contribution < -0.4 is 5.32 Å². The monoisotopic (exact) mass is 315 g/mol. The quantitative estimate of drug-likeness (QED) is 0.851. The molecular weight excluding hydrogens is 304 g/mol. The predicted octanol–water partition coefficient (Wildman–Crippen LogP) is 5.00. The lowest BCUT2D eigenvalue weighted by Gasteiger charge is -2.09. The molecule has 0 unspecified atom stereocenters. The second-order valence-corrected chi connectivity index (χ2v) is 5.89. The van der Waals surface area contributed by atoms with Crippen molar-refractivity contribution >= 4 is 35.0 Å². The average Bonchev–Trinajstić information content (AvgIpc) is 2.37. The number of rotatable bonds is 4. The van der Waals surface area contributed by atoms with Gasteiger partial charge in [-0.25, -0.2) is 4.39 Å². The first-order valence-electron chi connectivity index (χ1n) is 5.66. The molecule has 0 fully saturated rings. The van der Waals surface area contributed by atoms with E-state index in [1.54, 1.807) is 18.2 Å². The third kappa shape index (κ3) is 3.86. The Bertz CT molecular complexity index is 590.